The maximum atomic E-state index is 12.6. The van der Waals surface area contributed by atoms with Crippen LogP contribution in [-0.2, 0) is 9.53 Å². The van der Waals surface area contributed by atoms with E-state index in [0.717, 1.165) is 28.3 Å². The lowest BCUT2D eigenvalue weighted by Crippen LogP contribution is -2.32. The lowest BCUT2D eigenvalue weighted by atomic mass is 9.98. The van der Waals surface area contributed by atoms with Gasteiger partial charge in [-0.2, -0.15) is 0 Å². The highest BCUT2D eigenvalue weighted by Crippen LogP contribution is 2.44. The molecule has 0 saturated heterocycles. The summed E-state index contributed by atoms with van der Waals surface area (Å²) >= 11 is 6.15. The fraction of sp³-hybridized carbons (Fsp3) is 0.167. The predicted molar refractivity (Wildman–Crippen MR) is 121 cm³/mol. The van der Waals surface area contributed by atoms with Crippen molar-refractivity contribution >= 4 is 29.4 Å². The lowest BCUT2D eigenvalue weighted by molar-refractivity contribution is -0.384. The Bertz CT molecular complexity index is 1200. The van der Waals surface area contributed by atoms with Crippen molar-refractivity contribution in [3.05, 3.63) is 98.6 Å². The van der Waals surface area contributed by atoms with Crippen molar-refractivity contribution in [1.82, 2.24) is 5.32 Å². The van der Waals surface area contributed by atoms with Gasteiger partial charge >= 0.3 is 12.1 Å². The van der Waals surface area contributed by atoms with E-state index in [-0.39, 0.29) is 28.8 Å². The molecular weight excluding hydrogens is 448 g/mol. The number of non-ortho nitro benzene ring substituents is 1. The van der Waals surface area contributed by atoms with E-state index in [1.807, 2.05) is 48.5 Å². The molecule has 1 aliphatic rings. The Hall–Kier alpha value is -3.91. The van der Waals surface area contributed by atoms with Gasteiger partial charge in [-0.05, 0) is 28.3 Å². The van der Waals surface area contributed by atoms with Crippen LogP contribution in [-0.4, -0.2) is 28.7 Å². The molecule has 2 N–H and O–H groups in total. The highest BCUT2D eigenvalue weighted by molar-refractivity contribution is 6.31. The van der Waals surface area contributed by atoms with Crippen LogP contribution in [0.25, 0.3) is 11.1 Å². The van der Waals surface area contributed by atoms with Gasteiger partial charge in [-0.1, -0.05) is 60.1 Å². The van der Waals surface area contributed by atoms with Crippen LogP contribution in [0, 0.1) is 10.1 Å². The summed E-state index contributed by atoms with van der Waals surface area (Å²) in [5.41, 5.74) is 4.09. The molecule has 0 fully saturated rings. The second-order valence-electron chi connectivity index (χ2n) is 7.58. The monoisotopic (exact) mass is 466 g/mol. The van der Waals surface area contributed by atoms with Gasteiger partial charge in [0.15, 0.2) is 0 Å². The molecule has 1 amide bonds. The summed E-state index contributed by atoms with van der Waals surface area (Å²) in [6.45, 7) is 0.0440. The number of carbonyl (C=O) groups excluding carboxylic acids is 1. The molecule has 1 aliphatic carbocycles. The molecule has 0 radical (unpaired) electrons. The first kappa shape index (κ1) is 22.3. The van der Waals surface area contributed by atoms with E-state index in [2.05, 4.69) is 5.32 Å². The summed E-state index contributed by atoms with van der Waals surface area (Å²) < 4.78 is 5.47. The van der Waals surface area contributed by atoms with Crippen LogP contribution in [0.3, 0.4) is 0 Å². The van der Waals surface area contributed by atoms with Gasteiger partial charge in [0.05, 0.1) is 17.4 Å². The zero-order valence-electron chi connectivity index (χ0n) is 17.2. The van der Waals surface area contributed by atoms with Gasteiger partial charge in [0.25, 0.3) is 5.69 Å². The number of carbonyl (C=O) groups is 2. The molecule has 8 nitrogen and oxygen atoms in total. The van der Waals surface area contributed by atoms with Crippen LogP contribution in [0.5, 0.6) is 0 Å². The molecule has 4 rings (SSSR count). The van der Waals surface area contributed by atoms with Crippen LogP contribution < -0.4 is 5.32 Å². The highest BCUT2D eigenvalue weighted by Gasteiger charge is 2.30. The van der Waals surface area contributed by atoms with Crippen molar-refractivity contribution in [3.63, 3.8) is 0 Å². The number of hydrogen-bond acceptors (Lipinski definition) is 5. The number of ether oxygens (including phenoxy) is 1. The van der Waals surface area contributed by atoms with E-state index in [9.17, 15) is 24.8 Å². The van der Waals surface area contributed by atoms with Crippen LogP contribution in [0.1, 0.15) is 35.1 Å². The number of carboxylic acid groups (broad SMARTS) is 1. The number of nitrogens with zero attached hydrogens (tertiary/aromatic N) is 1. The van der Waals surface area contributed by atoms with Gasteiger partial charge in [0, 0.05) is 28.6 Å². The third-order valence-corrected chi connectivity index (χ3v) is 5.92. The summed E-state index contributed by atoms with van der Waals surface area (Å²) in [6.07, 6.45) is -1.36. The van der Waals surface area contributed by atoms with Gasteiger partial charge in [-0.25, -0.2) is 4.79 Å². The third kappa shape index (κ3) is 4.65. The first-order valence-corrected chi connectivity index (χ1v) is 10.5. The Kier molecular flexibility index (Phi) is 6.28. The van der Waals surface area contributed by atoms with Crippen LogP contribution in [0.15, 0.2) is 66.7 Å². The molecule has 3 aromatic carbocycles. The number of halogens is 1. The van der Waals surface area contributed by atoms with E-state index in [0.29, 0.717) is 0 Å². The number of nitrogens with one attached hydrogen (secondary N) is 1. The second kappa shape index (κ2) is 9.30. The van der Waals surface area contributed by atoms with Gasteiger partial charge < -0.3 is 15.2 Å². The minimum Gasteiger partial charge on any atom is -0.481 e. The predicted octanol–water partition coefficient (Wildman–Crippen LogP) is 5.30. The number of alkyl carbamates (subject to hydrolysis) is 1. The Morgan fingerprint density at radius 1 is 1.06 bits per heavy atom. The van der Waals surface area contributed by atoms with E-state index < -0.39 is 29.4 Å². The topological polar surface area (TPSA) is 119 Å². The van der Waals surface area contributed by atoms with Crippen molar-refractivity contribution in [1.29, 1.82) is 0 Å². The lowest BCUT2D eigenvalue weighted by Gasteiger charge is -2.20. The standard InChI is InChI=1S/C24H19ClN2O6/c25-21-10-9-14(27(31)32)11-19(21)22(12-23(28)29)26-24(30)33-13-20-17-7-3-1-5-15(17)16-6-2-4-8-18(16)20/h1-11,20,22H,12-13H2,(H,26,30)(H,28,29)/t22-/m0/s1. The Morgan fingerprint density at radius 2 is 1.67 bits per heavy atom. The van der Waals surface area contributed by atoms with E-state index in [1.165, 1.54) is 12.1 Å². The van der Waals surface area contributed by atoms with Crippen molar-refractivity contribution < 1.29 is 24.4 Å². The van der Waals surface area contributed by atoms with Crippen LogP contribution >= 0.6 is 11.6 Å². The molecule has 0 heterocycles. The molecule has 0 aliphatic heterocycles. The molecule has 0 aromatic heterocycles. The number of rotatable bonds is 7. The molecular formula is C24H19ClN2O6. The van der Waals surface area contributed by atoms with E-state index in [1.54, 1.807) is 0 Å². The van der Waals surface area contributed by atoms with Crippen molar-refractivity contribution in [3.8, 4) is 11.1 Å². The number of carboxylic acids is 1. The summed E-state index contributed by atoms with van der Waals surface area (Å²) in [4.78, 5) is 34.5. The first-order valence-electron chi connectivity index (χ1n) is 10.1. The van der Waals surface area contributed by atoms with Crippen molar-refractivity contribution in [2.24, 2.45) is 0 Å². The zero-order valence-corrected chi connectivity index (χ0v) is 18.0. The normalized spacial score (nSPS) is 13.0. The largest absolute Gasteiger partial charge is 0.481 e. The molecule has 0 spiro atoms. The Balaban J connectivity index is 1.52. The van der Waals surface area contributed by atoms with Crippen LogP contribution in [0.2, 0.25) is 5.02 Å². The Labute approximate surface area is 193 Å². The van der Waals surface area contributed by atoms with Gasteiger partial charge in [0.1, 0.15) is 6.61 Å². The quantitative estimate of drug-likeness (QED) is 0.360. The van der Waals surface area contributed by atoms with Gasteiger partial charge in [-0.15, -0.1) is 0 Å². The fourth-order valence-electron chi connectivity index (χ4n) is 4.11. The highest BCUT2D eigenvalue weighted by atomic mass is 35.5. The summed E-state index contributed by atoms with van der Waals surface area (Å²) in [7, 11) is 0. The van der Waals surface area contributed by atoms with Gasteiger partial charge in [-0.3, -0.25) is 14.9 Å². The van der Waals surface area contributed by atoms with Crippen LogP contribution in [0.4, 0.5) is 10.5 Å². The first-order chi connectivity index (χ1) is 15.8. The molecule has 9 heteroatoms. The number of fused-ring (bicyclic) bond motifs is 3. The molecule has 3 aromatic rings. The van der Waals surface area contributed by atoms with Crippen molar-refractivity contribution in [2.75, 3.05) is 6.61 Å². The SMILES string of the molecule is O=C(O)C[C@H](NC(=O)OCC1c2ccccc2-c2ccccc21)c1cc([N+](=O)[O-])ccc1Cl. The summed E-state index contributed by atoms with van der Waals surface area (Å²) in [5, 5.41) is 23.0. The fourth-order valence-corrected chi connectivity index (χ4v) is 4.36. The molecule has 33 heavy (non-hydrogen) atoms. The average molecular weight is 467 g/mol. The number of benzene rings is 3. The average Bonchev–Trinajstić information content (AvgIpc) is 3.11. The Morgan fingerprint density at radius 3 is 2.24 bits per heavy atom. The second-order valence-corrected chi connectivity index (χ2v) is 7.99. The van der Waals surface area contributed by atoms with E-state index in [4.69, 9.17) is 16.3 Å². The van der Waals surface area contributed by atoms with Gasteiger partial charge in [0.2, 0.25) is 0 Å². The number of aliphatic carboxylic acids is 1. The zero-order chi connectivity index (χ0) is 23.5. The molecule has 1 atom stereocenters. The van der Waals surface area contributed by atoms with E-state index >= 15 is 0 Å². The maximum Gasteiger partial charge on any atom is 0.407 e. The third-order valence-electron chi connectivity index (χ3n) is 5.58. The number of hydrogen-bond donors (Lipinski definition) is 2. The number of amides is 1. The smallest absolute Gasteiger partial charge is 0.407 e. The molecule has 0 saturated carbocycles. The molecule has 0 bridgehead atoms. The molecule has 0 unspecified atom stereocenters. The van der Waals surface area contributed by atoms with Crippen molar-refractivity contribution in [2.45, 2.75) is 18.4 Å². The number of nitro benzene ring substituents is 1. The minimum atomic E-state index is -1.21. The molecule has 168 valence electrons. The maximum absolute atomic E-state index is 12.6. The minimum absolute atomic E-state index is 0.0440. The summed E-state index contributed by atoms with van der Waals surface area (Å²) in [5.74, 6) is -1.37. The number of nitro groups is 1. The summed E-state index contributed by atoms with van der Waals surface area (Å²) in [6, 6.07) is 18.3.